The van der Waals surface area contributed by atoms with Crippen molar-refractivity contribution in [3.05, 3.63) is 90.0 Å². The highest BCUT2D eigenvalue weighted by atomic mass is 32.2. The lowest BCUT2D eigenvalue weighted by Crippen LogP contribution is -2.54. The first-order chi connectivity index (χ1) is 18.3. The number of rotatable bonds is 10. The lowest BCUT2D eigenvalue weighted by molar-refractivity contribution is -0.140. The third-order valence-corrected chi connectivity index (χ3v) is 7.85. The summed E-state index contributed by atoms with van der Waals surface area (Å²) >= 11 is 0. The Labute approximate surface area is 231 Å². The van der Waals surface area contributed by atoms with Crippen LogP contribution in [0.25, 0.3) is 0 Å². The molecule has 3 aromatic carbocycles. The third kappa shape index (κ3) is 7.60. The second kappa shape index (κ2) is 12.3. The zero-order valence-corrected chi connectivity index (χ0v) is 24.2. The number of amides is 2. The predicted octanol–water partition coefficient (Wildman–Crippen LogP) is 4.53. The lowest BCUT2D eigenvalue weighted by Gasteiger charge is -2.33. The van der Waals surface area contributed by atoms with Gasteiger partial charge in [-0.1, -0.05) is 54.6 Å². The first kappa shape index (κ1) is 29.7. The highest BCUT2D eigenvalue weighted by Gasteiger charge is 2.34. The van der Waals surface area contributed by atoms with Crippen molar-refractivity contribution in [1.82, 2.24) is 10.2 Å². The second-order valence-corrected chi connectivity index (χ2v) is 12.3. The number of aryl methyl sites for hydroxylation is 1. The number of nitrogens with one attached hydrogen (secondary N) is 1. The minimum Gasteiger partial charge on any atom is -0.495 e. The molecule has 0 aliphatic carbocycles. The van der Waals surface area contributed by atoms with Gasteiger partial charge in [-0.05, 0) is 70.0 Å². The summed E-state index contributed by atoms with van der Waals surface area (Å²) in [6, 6.07) is 21.5. The van der Waals surface area contributed by atoms with Crippen LogP contribution in [0.5, 0.6) is 5.75 Å². The summed E-state index contributed by atoms with van der Waals surface area (Å²) < 4.78 is 34.4. The maximum atomic E-state index is 14.0. The van der Waals surface area contributed by atoms with Gasteiger partial charge in [0.05, 0.1) is 17.7 Å². The van der Waals surface area contributed by atoms with Crippen molar-refractivity contribution in [3.63, 3.8) is 0 Å². The van der Waals surface area contributed by atoms with Gasteiger partial charge in [-0.15, -0.1) is 0 Å². The van der Waals surface area contributed by atoms with E-state index < -0.39 is 34.1 Å². The van der Waals surface area contributed by atoms with Gasteiger partial charge in [0.2, 0.25) is 11.8 Å². The minimum atomic E-state index is -4.17. The predicted molar refractivity (Wildman–Crippen MR) is 153 cm³/mol. The van der Waals surface area contributed by atoms with E-state index in [4.69, 9.17) is 4.74 Å². The number of sulfonamides is 1. The number of anilines is 1. The SMILES string of the molecule is COc1ccc(C)cc1N(CC(=O)N(Cc1ccccc1)C(C)C(=O)NC(C)(C)C)S(=O)(=O)c1ccccc1. The summed E-state index contributed by atoms with van der Waals surface area (Å²) in [5, 5.41) is 2.92. The van der Waals surface area contributed by atoms with Gasteiger partial charge in [-0.25, -0.2) is 8.42 Å². The van der Waals surface area contributed by atoms with E-state index in [-0.39, 0.29) is 23.0 Å². The van der Waals surface area contributed by atoms with E-state index in [1.807, 2.05) is 58.0 Å². The second-order valence-electron chi connectivity index (χ2n) is 10.4. The Hall–Kier alpha value is -3.85. The zero-order valence-electron chi connectivity index (χ0n) is 23.3. The van der Waals surface area contributed by atoms with Gasteiger partial charge in [0.1, 0.15) is 18.3 Å². The van der Waals surface area contributed by atoms with Gasteiger partial charge in [0.25, 0.3) is 10.0 Å². The summed E-state index contributed by atoms with van der Waals surface area (Å²) in [4.78, 5) is 28.6. The number of ether oxygens (including phenoxy) is 1. The van der Waals surface area contributed by atoms with E-state index >= 15 is 0 Å². The minimum absolute atomic E-state index is 0.0366. The van der Waals surface area contributed by atoms with Crippen molar-refractivity contribution >= 4 is 27.5 Å². The van der Waals surface area contributed by atoms with Gasteiger partial charge in [-0.3, -0.25) is 13.9 Å². The largest absolute Gasteiger partial charge is 0.495 e. The fraction of sp³-hybridized carbons (Fsp3) is 0.333. The Morgan fingerprint density at radius 1 is 0.949 bits per heavy atom. The van der Waals surface area contributed by atoms with Crippen LogP contribution in [-0.2, 0) is 26.2 Å². The fourth-order valence-electron chi connectivity index (χ4n) is 4.06. The van der Waals surface area contributed by atoms with E-state index in [1.54, 1.807) is 43.3 Å². The third-order valence-electron chi connectivity index (χ3n) is 6.07. The molecule has 9 heteroatoms. The molecule has 0 saturated carbocycles. The molecule has 1 unspecified atom stereocenters. The van der Waals surface area contributed by atoms with E-state index in [0.29, 0.717) is 5.75 Å². The van der Waals surface area contributed by atoms with Crippen LogP contribution in [0.1, 0.15) is 38.8 Å². The molecule has 208 valence electrons. The Kier molecular flexibility index (Phi) is 9.40. The number of benzene rings is 3. The standard InChI is InChI=1S/C30H37N3O5S/c1-22-17-18-27(38-6)26(19-22)33(39(36,37)25-15-11-8-12-16-25)21-28(34)32(20-24-13-9-7-10-14-24)23(2)29(35)31-30(3,4)5/h7-19,23H,20-21H2,1-6H3,(H,31,35). The van der Waals surface area contributed by atoms with Crippen molar-refractivity contribution in [2.75, 3.05) is 18.0 Å². The molecule has 1 N–H and O–H groups in total. The maximum Gasteiger partial charge on any atom is 0.264 e. The first-order valence-corrected chi connectivity index (χ1v) is 14.2. The Balaban J connectivity index is 2.08. The molecule has 1 atom stereocenters. The summed E-state index contributed by atoms with van der Waals surface area (Å²) in [7, 11) is -2.73. The molecular formula is C30H37N3O5S. The van der Waals surface area contributed by atoms with Crippen LogP contribution in [0, 0.1) is 6.92 Å². The van der Waals surface area contributed by atoms with E-state index in [9.17, 15) is 18.0 Å². The van der Waals surface area contributed by atoms with Crippen molar-refractivity contribution in [1.29, 1.82) is 0 Å². The fourth-order valence-corrected chi connectivity index (χ4v) is 5.50. The molecule has 0 fully saturated rings. The maximum absolute atomic E-state index is 14.0. The highest BCUT2D eigenvalue weighted by Crippen LogP contribution is 2.33. The Morgan fingerprint density at radius 2 is 1.54 bits per heavy atom. The van der Waals surface area contributed by atoms with Gasteiger partial charge < -0.3 is 15.0 Å². The molecular weight excluding hydrogens is 514 g/mol. The van der Waals surface area contributed by atoms with Crippen molar-refractivity contribution in [3.8, 4) is 5.75 Å². The molecule has 0 heterocycles. The average Bonchev–Trinajstić information content (AvgIpc) is 2.89. The van der Waals surface area contributed by atoms with E-state index in [2.05, 4.69) is 5.32 Å². The average molecular weight is 552 g/mol. The smallest absolute Gasteiger partial charge is 0.264 e. The summed E-state index contributed by atoms with van der Waals surface area (Å²) in [5.41, 5.74) is 1.34. The molecule has 0 spiro atoms. The number of carbonyl (C=O) groups is 2. The number of hydrogen-bond acceptors (Lipinski definition) is 5. The number of carbonyl (C=O) groups excluding carboxylic acids is 2. The lowest BCUT2D eigenvalue weighted by atomic mass is 10.1. The monoisotopic (exact) mass is 551 g/mol. The van der Waals surface area contributed by atoms with Crippen molar-refractivity contribution in [2.24, 2.45) is 0 Å². The van der Waals surface area contributed by atoms with Crippen LogP contribution in [0.15, 0.2) is 83.8 Å². The zero-order chi connectivity index (χ0) is 28.8. The Morgan fingerprint density at radius 3 is 2.10 bits per heavy atom. The van der Waals surface area contributed by atoms with Crippen LogP contribution in [0.4, 0.5) is 5.69 Å². The Bertz CT molecular complexity index is 1390. The quantitative estimate of drug-likeness (QED) is 0.399. The molecule has 0 saturated heterocycles. The molecule has 8 nitrogen and oxygen atoms in total. The van der Waals surface area contributed by atoms with Gasteiger partial charge in [-0.2, -0.15) is 0 Å². The molecule has 39 heavy (non-hydrogen) atoms. The van der Waals surface area contributed by atoms with Crippen LogP contribution in [-0.4, -0.2) is 50.4 Å². The first-order valence-electron chi connectivity index (χ1n) is 12.7. The summed E-state index contributed by atoms with van der Waals surface area (Å²) in [5.74, 6) is -0.558. The molecule has 3 aromatic rings. The number of methoxy groups -OCH3 is 1. The topological polar surface area (TPSA) is 96.0 Å². The highest BCUT2D eigenvalue weighted by molar-refractivity contribution is 7.92. The van der Waals surface area contributed by atoms with E-state index in [1.165, 1.54) is 24.1 Å². The molecule has 0 aliphatic heterocycles. The van der Waals surface area contributed by atoms with Crippen molar-refractivity contribution in [2.45, 2.75) is 57.6 Å². The van der Waals surface area contributed by atoms with Crippen LogP contribution in [0.2, 0.25) is 0 Å². The van der Waals surface area contributed by atoms with E-state index in [0.717, 1.165) is 15.4 Å². The van der Waals surface area contributed by atoms with Crippen LogP contribution in [0.3, 0.4) is 0 Å². The number of nitrogens with zero attached hydrogens (tertiary/aromatic N) is 2. The van der Waals surface area contributed by atoms with Crippen LogP contribution < -0.4 is 14.4 Å². The molecule has 0 bridgehead atoms. The van der Waals surface area contributed by atoms with Gasteiger partial charge >= 0.3 is 0 Å². The van der Waals surface area contributed by atoms with Gasteiger partial charge in [0, 0.05) is 12.1 Å². The molecule has 0 aliphatic rings. The number of hydrogen-bond donors (Lipinski definition) is 1. The molecule has 0 radical (unpaired) electrons. The van der Waals surface area contributed by atoms with Crippen molar-refractivity contribution < 1.29 is 22.7 Å². The molecule has 0 aromatic heterocycles. The molecule has 2 amide bonds. The summed E-state index contributed by atoms with van der Waals surface area (Å²) in [6.07, 6.45) is 0. The van der Waals surface area contributed by atoms with Crippen LogP contribution >= 0.6 is 0 Å². The normalized spacial score (nSPS) is 12.4. The van der Waals surface area contributed by atoms with Gasteiger partial charge in [0.15, 0.2) is 0 Å². The molecule has 3 rings (SSSR count). The summed E-state index contributed by atoms with van der Waals surface area (Å²) in [6.45, 7) is 8.65.